The van der Waals surface area contributed by atoms with Crippen molar-refractivity contribution in [2.75, 3.05) is 0 Å². The van der Waals surface area contributed by atoms with Gasteiger partial charge in [-0.1, -0.05) is 0 Å². The molecule has 2 rings (SSSR count). The van der Waals surface area contributed by atoms with Gasteiger partial charge in [0.15, 0.2) is 0 Å². The lowest BCUT2D eigenvalue weighted by Crippen LogP contribution is -1.90. The Hall–Kier alpha value is -0.310. The van der Waals surface area contributed by atoms with E-state index in [0.29, 0.717) is 0 Å². The molecule has 2 aromatic heterocycles. The van der Waals surface area contributed by atoms with Crippen molar-refractivity contribution in [1.82, 2.24) is 0 Å². The summed E-state index contributed by atoms with van der Waals surface area (Å²) in [6.45, 7) is 4.26. The largest absolute Gasteiger partial charge is 0.152 e. The number of hydrogen-bond acceptors (Lipinski definition) is 2. The molecule has 3 heteroatoms. The summed E-state index contributed by atoms with van der Waals surface area (Å²) in [5.41, 5.74) is 2.46. The van der Waals surface area contributed by atoms with E-state index in [9.17, 15) is 0 Å². The Bertz CT molecular complexity index is 414. The van der Waals surface area contributed by atoms with Crippen molar-refractivity contribution in [1.29, 1.82) is 0 Å². The maximum atomic E-state index is 6.40. The summed E-state index contributed by atoms with van der Waals surface area (Å²) < 4.78 is 0. The number of thiophene rings is 2. The highest BCUT2D eigenvalue weighted by Crippen LogP contribution is 2.35. The first kappa shape index (κ1) is 10.2. The van der Waals surface area contributed by atoms with Crippen LogP contribution in [0.25, 0.3) is 0 Å². The van der Waals surface area contributed by atoms with Crippen molar-refractivity contribution in [2.45, 2.75) is 19.2 Å². The zero-order chi connectivity index (χ0) is 10.1. The molecule has 2 heterocycles. The van der Waals surface area contributed by atoms with E-state index in [1.165, 1.54) is 20.9 Å². The van der Waals surface area contributed by atoms with Crippen LogP contribution in [-0.4, -0.2) is 0 Å². The van der Waals surface area contributed by atoms with Crippen molar-refractivity contribution < 1.29 is 0 Å². The Morgan fingerprint density at radius 3 is 2.64 bits per heavy atom. The standard InChI is InChI=1S/C11H11ClS2/c1-7-5-10(8(2)14-7)11(12)9-3-4-13-6-9/h3-6,11H,1-2H3. The number of rotatable bonds is 2. The lowest BCUT2D eigenvalue weighted by molar-refractivity contribution is 1.15. The van der Waals surface area contributed by atoms with Crippen molar-refractivity contribution >= 4 is 34.3 Å². The lowest BCUT2D eigenvalue weighted by atomic mass is 10.1. The molecule has 0 aliphatic rings. The third kappa shape index (κ3) is 1.88. The molecule has 1 unspecified atom stereocenters. The van der Waals surface area contributed by atoms with Crippen molar-refractivity contribution in [2.24, 2.45) is 0 Å². The minimum atomic E-state index is 0.0196. The highest BCUT2D eigenvalue weighted by molar-refractivity contribution is 7.12. The Morgan fingerprint density at radius 2 is 2.14 bits per heavy atom. The fourth-order valence-corrected chi connectivity index (χ4v) is 3.65. The molecule has 0 saturated heterocycles. The van der Waals surface area contributed by atoms with Crippen LogP contribution in [0.1, 0.15) is 26.3 Å². The van der Waals surface area contributed by atoms with Crippen LogP contribution in [0.2, 0.25) is 0 Å². The van der Waals surface area contributed by atoms with E-state index in [1.54, 1.807) is 11.3 Å². The Kier molecular flexibility index (Phi) is 2.96. The van der Waals surface area contributed by atoms with Gasteiger partial charge in [-0.2, -0.15) is 11.3 Å². The Balaban J connectivity index is 2.36. The van der Waals surface area contributed by atoms with Crippen LogP contribution >= 0.6 is 34.3 Å². The molecule has 0 aromatic carbocycles. The molecular formula is C11H11ClS2. The molecule has 0 aliphatic heterocycles. The highest BCUT2D eigenvalue weighted by atomic mass is 35.5. The van der Waals surface area contributed by atoms with Crippen LogP contribution in [0.3, 0.4) is 0 Å². The average Bonchev–Trinajstić information content (AvgIpc) is 2.73. The molecule has 0 saturated carbocycles. The molecule has 0 spiro atoms. The van der Waals surface area contributed by atoms with Crippen molar-refractivity contribution in [3.63, 3.8) is 0 Å². The highest BCUT2D eigenvalue weighted by Gasteiger charge is 2.15. The van der Waals surface area contributed by atoms with Crippen LogP contribution in [0.5, 0.6) is 0 Å². The summed E-state index contributed by atoms with van der Waals surface area (Å²) in [7, 11) is 0. The van der Waals surface area contributed by atoms with Gasteiger partial charge in [-0.25, -0.2) is 0 Å². The molecule has 0 bridgehead atoms. The monoisotopic (exact) mass is 242 g/mol. The van der Waals surface area contributed by atoms with E-state index in [4.69, 9.17) is 11.6 Å². The van der Waals surface area contributed by atoms with Gasteiger partial charge in [0.05, 0.1) is 5.38 Å². The zero-order valence-electron chi connectivity index (χ0n) is 8.08. The maximum absolute atomic E-state index is 6.40. The summed E-state index contributed by atoms with van der Waals surface area (Å²) in [5, 5.41) is 4.20. The van der Waals surface area contributed by atoms with Crippen LogP contribution in [-0.2, 0) is 0 Å². The molecule has 0 N–H and O–H groups in total. The van der Waals surface area contributed by atoms with Gasteiger partial charge >= 0.3 is 0 Å². The van der Waals surface area contributed by atoms with E-state index in [-0.39, 0.29) is 5.38 Å². The molecule has 74 valence electrons. The molecule has 0 radical (unpaired) electrons. The number of alkyl halides is 1. The van der Waals surface area contributed by atoms with Crippen LogP contribution in [0, 0.1) is 13.8 Å². The van der Waals surface area contributed by atoms with E-state index in [1.807, 2.05) is 11.3 Å². The van der Waals surface area contributed by atoms with E-state index in [0.717, 1.165) is 0 Å². The second-order valence-corrected chi connectivity index (χ2v) is 5.96. The molecule has 1 atom stereocenters. The summed E-state index contributed by atoms with van der Waals surface area (Å²) in [5.74, 6) is 0. The van der Waals surface area contributed by atoms with Crippen LogP contribution in [0.4, 0.5) is 0 Å². The normalized spacial score (nSPS) is 13.1. The second-order valence-electron chi connectivity index (χ2n) is 3.29. The molecular weight excluding hydrogens is 232 g/mol. The third-order valence-electron chi connectivity index (χ3n) is 2.19. The Morgan fingerprint density at radius 1 is 1.36 bits per heavy atom. The molecule has 0 aliphatic carbocycles. The van der Waals surface area contributed by atoms with E-state index in [2.05, 4.69) is 36.7 Å². The smallest absolute Gasteiger partial charge is 0.0854 e. The average molecular weight is 243 g/mol. The SMILES string of the molecule is Cc1cc(C(Cl)c2ccsc2)c(C)s1. The molecule has 2 aromatic rings. The summed E-state index contributed by atoms with van der Waals surface area (Å²) in [4.78, 5) is 2.66. The minimum Gasteiger partial charge on any atom is -0.152 e. The van der Waals surface area contributed by atoms with Gasteiger partial charge in [-0.15, -0.1) is 22.9 Å². The number of hydrogen-bond donors (Lipinski definition) is 0. The van der Waals surface area contributed by atoms with Crippen LogP contribution in [0.15, 0.2) is 22.9 Å². The summed E-state index contributed by atoms with van der Waals surface area (Å²) in [6, 6.07) is 4.28. The van der Waals surface area contributed by atoms with Gasteiger partial charge < -0.3 is 0 Å². The minimum absolute atomic E-state index is 0.0196. The molecule has 14 heavy (non-hydrogen) atoms. The van der Waals surface area contributed by atoms with Gasteiger partial charge in [-0.3, -0.25) is 0 Å². The fraction of sp³-hybridized carbons (Fsp3) is 0.273. The van der Waals surface area contributed by atoms with Gasteiger partial charge in [0.1, 0.15) is 0 Å². The maximum Gasteiger partial charge on any atom is 0.0854 e. The van der Waals surface area contributed by atoms with Gasteiger partial charge in [0, 0.05) is 9.75 Å². The number of halogens is 1. The van der Waals surface area contributed by atoms with Crippen LogP contribution < -0.4 is 0 Å². The molecule has 0 nitrogen and oxygen atoms in total. The summed E-state index contributed by atoms with van der Waals surface area (Å²) in [6.07, 6.45) is 0. The van der Waals surface area contributed by atoms with Crippen molar-refractivity contribution in [3.05, 3.63) is 43.8 Å². The van der Waals surface area contributed by atoms with Gasteiger partial charge in [0.2, 0.25) is 0 Å². The molecule has 0 amide bonds. The third-order valence-corrected chi connectivity index (χ3v) is 4.36. The van der Waals surface area contributed by atoms with E-state index >= 15 is 0 Å². The van der Waals surface area contributed by atoms with Gasteiger partial charge in [-0.05, 0) is 47.9 Å². The second kappa shape index (κ2) is 4.05. The summed E-state index contributed by atoms with van der Waals surface area (Å²) >= 11 is 9.91. The number of aryl methyl sites for hydroxylation is 2. The topological polar surface area (TPSA) is 0 Å². The first-order valence-corrected chi connectivity index (χ1v) is 6.61. The van der Waals surface area contributed by atoms with E-state index < -0.39 is 0 Å². The first-order valence-electron chi connectivity index (χ1n) is 4.41. The predicted molar refractivity (Wildman–Crippen MR) is 65.8 cm³/mol. The van der Waals surface area contributed by atoms with Gasteiger partial charge in [0.25, 0.3) is 0 Å². The zero-order valence-corrected chi connectivity index (χ0v) is 10.5. The molecule has 0 fully saturated rings. The first-order chi connectivity index (χ1) is 6.68. The Labute approximate surface area is 97.2 Å². The fourth-order valence-electron chi connectivity index (χ4n) is 1.50. The van der Waals surface area contributed by atoms with Crippen molar-refractivity contribution in [3.8, 4) is 0 Å². The quantitative estimate of drug-likeness (QED) is 0.667. The lowest BCUT2D eigenvalue weighted by Gasteiger charge is -2.06. The predicted octanol–water partition coefficient (Wildman–Crippen LogP) is 4.75.